The summed E-state index contributed by atoms with van der Waals surface area (Å²) in [5, 5.41) is 4.68. The average Bonchev–Trinajstić information content (AvgIpc) is 3.09. The Morgan fingerprint density at radius 2 is 1.80 bits per heavy atom. The van der Waals surface area contributed by atoms with Crippen LogP contribution in [0.3, 0.4) is 0 Å². The van der Waals surface area contributed by atoms with Gasteiger partial charge in [0.2, 0.25) is 10.0 Å². The van der Waals surface area contributed by atoms with Crippen LogP contribution >= 0.6 is 11.6 Å². The molecule has 0 spiro atoms. The second-order valence-corrected chi connectivity index (χ2v) is 10.1. The van der Waals surface area contributed by atoms with Crippen LogP contribution in [0.5, 0.6) is 11.5 Å². The van der Waals surface area contributed by atoms with Gasteiger partial charge < -0.3 is 14.0 Å². The highest BCUT2D eigenvalue weighted by atomic mass is 35.5. The van der Waals surface area contributed by atoms with E-state index < -0.39 is 22.5 Å². The number of amides is 1. The Hall–Kier alpha value is -3.50. The van der Waals surface area contributed by atoms with Crippen LogP contribution < -0.4 is 19.2 Å². The molecule has 0 radical (unpaired) electrons. The minimum absolute atomic E-state index is 0.181. The summed E-state index contributed by atoms with van der Waals surface area (Å²) in [5.41, 5.74) is 6.22. The molecule has 3 aromatic rings. The standard InChI is InChI=1S/C24H27ClN4O5S/c1-16-12-18(17(2)29(16)20-8-6-19(25)7-9-20)14-26-27-24(30)15-28(35(5,31)32)22-13-21(33-3)10-11-23(22)34-4/h6-14H,15H2,1-5H3,(H,27,30)/b26-14-. The molecule has 0 saturated heterocycles. The summed E-state index contributed by atoms with van der Waals surface area (Å²) in [6.07, 6.45) is 2.53. The summed E-state index contributed by atoms with van der Waals surface area (Å²) in [5.74, 6) is 0.0779. The Bertz CT molecular complexity index is 1350. The number of hydrazone groups is 1. The maximum Gasteiger partial charge on any atom is 0.260 e. The number of benzene rings is 2. The number of hydrogen-bond acceptors (Lipinski definition) is 6. The fraction of sp³-hybridized carbons (Fsp3) is 0.250. The molecule has 0 bridgehead atoms. The van der Waals surface area contributed by atoms with Crippen LogP contribution in [0.25, 0.3) is 5.69 Å². The van der Waals surface area contributed by atoms with E-state index in [9.17, 15) is 13.2 Å². The Morgan fingerprint density at radius 1 is 1.11 bits per heavy atom. The highest BCUT2D eigenvalue weighted by Crippen LogP contribution is 2.33. The van der Waals surface area contributed by atoms with Crippen LogP contribution in [0, 0.1) is 13.8 Å². The van der Waals surface area contributed by atoms with E-state index in [1.165, 1.54) is 26.5 Å². The molecule has 0 aliphatic heterocycles. The maximum absolute atomic E-state index is 12.6. The molecule has 0 unspecified atom stereocenters. The molecular formula is C24H27ClN4O5S. The summed E-state index contributed by atoms with van der Waals surface area (Å²) in [7, 11) is -0.945. The third-order valence-corrected chi connectivity index (χ3v) is 6.67. The van der Waals surface area contributed by atoms with Gasteiger partial charge in [0.25, 0.3) is 5.91 Å². The number of nitrogens with zero attached hydrogens (tertiary/aromatic N) is 3. The van der Waals surface area contributed by atoms with E-state index in [1.807, 2.05) is 48.7 Å². The molecule has 0 aliphatic carbocycles. The summed E-state index contributed by atoms with van der Waals surface area (Å²) < 4.78 is 38.4. The number of hydrogen-bond donors (Lipinski definition) is 1. The Balaban J connectivity index is 1.79. The van der Waals surface area contributed by atoms with Gasteiger partial charge in [0, 0.05) is 33.7 Å². The Labute approximate surface area is 210 Å². The van der Waals surface area contributed by atoms with E-state index in [4.69, 9.17) is 21.1 Å². The van der Waals surface area contributed by atoms with Crippen molar-refractivity contribution in [1.29, 1.82) is 0 Å². The lowest BCUT2D eigenvalue weighted by molar-refractivity contribution is -0.119. The normalized spacial score (nSPS) is 11.5. The van der Waals surface area contributed by atoms with E-state index in [2.05, 4.69) is 10.5 Å². The molecule has 1 aromatic heterocycles. The minimum Gasteiger partial charge on any atom is -0.497 e. The molecule has 0 atom stereocenters. The zero-order chi connectivity index (χ0) is 25.8. The zero-order valence-corrected chi connectivity index (χ0v) is 21.6. The lowest BCUT2D eigenvalue weighted by atomic mass is 10.2. The van der Waals surface area contributed by atoms with Gasteiger partial charge in [-0.05, 0) is 56.3 Å². The summed E-state index contributed by atoms with van der Waals surface area (Å²) in [6.45, 7) is 3.40. The highest BCUT2D eigenvalue weighted by molar-refractivity contribution is 7.92. The highest BCUT2D eigenvalue weighted by Gasteiger charge is 2.24. The fourth-order valence-electron chi connectivity index (χ4n) is 3.62. The van der Waals surface area contributed by atoms with Gasteiger partial charge in [-0.3, -0.25) is 9.10 Å². The number of carbonyl (C=O) groups excluding carboxylic acids is 1. The second-order valence-electron chi connectivity index (χ2n) is 7.74. The first-order chi connectivity index (χ1) is 16.5. The maximum atomic E-state index is 12.6. The van der Waals surface area contributed by atoms with Crippen molar-refractivity contribution in [1.82, 2.24) is 9.99 Å². The van der Waals surface area contributed by atoms with Gasteiger partial charge in [-0.1, -0.05) is 11.6 Å². The van der Waals surface area contributed by atoms with Gasteiger partial charge in [-0.2, -0.15) is 5.10 Å². The van der Waals surface area contributed by atoms with Crippen molar-refractivity contribution >= 4 is 39.4 Å². The van der Waals surface area contributed by atoms with Crippen LogP contribution in [-0.2, 0) is 14.8 Å². The molecule has 0 saturated carbocycles. The van der Waals surface area contributed by atoms with E-state index in [0.717, 1.165) is 33.2 Å². The molecule has 0 fully saturated rings. The van der Waals surface area contributed by atoms with E-state index in [0.29, 0.717) is 10.8 Å². The quantitative estimate of drug-likeness (QED) is 0.344. The molecular weight excluding hydrogens is 492 g/mol. The van der Waals surface area contributed by atoms with Crippen molar-refractivity contribution in [2.45, 2.75) is 13.8 Å². The van der Waals surface area contributed by atoms with Gasteiger partial charge in [0.1, 0.15) is 18.0 Å². The fourth-order valence-corrected chi connectivity index (χ4v) is 4.60. The number of carbonyl (C=O) groups is 1. The first-order valence-corrected chi connectivity index (χ1v) is 12.7. The van der Waals surface area contributed by atoms with Crippen molar-refractivity contribution in [3.63, 3.8) is 0 Å². The summed E-state index contributed by atoms with van der Waals surface area (Å²) >= 11 is 5.99. The average molecular weight is 519 g/mol. The second kappa shape index (κ2) is 10.8. The number of halogens is 1. The number of ether oxygens (including phenoxy) is 2. The predicted octanol–water partition coefficient (Wildman–Crippen LogP) is 3.68. The van der Waals surface area contributed by atoms with E-state index in [1.54, 1.807) is 12.1 Å². The molecule has 9 nitrogen and oxygen atoms in total. The molecule has 2 aromatic carbocycles. The SMILES string of the molecule is COc1ccc(OC)c(N(CC(=O)N/N=C\c2cc(C)n(-c3ccc(Cl)cc3)c2C)S(C)(=O)=O)c1. The van der Waals surface area contributed by atoms with Crippen LogP contribution in [-0.4, -0.2) is 52.1 Å². The van der Waals surface area contributed by atoms with Crippen molar-refractivity contribution in [2.75, 3.05) is 31.3 Å². The third-order valence-electron chi connectivity index (χ3n) is 5.29. The first-order valence-electron chi connectivity index (χ1n) is 10.5. The molecule has 35 heavy (non-hydrogen) atoms. The molecule has 3 rings (SSSR count). The third kappa shape index (κ3) is 6.14. The van der Waals surface area contributed by atoms with Crippen LogP contribution in [0.1, 0.15) is 17.0 Å². The first kappa shape index (κ1) is 26.1. The van der Waals surface area contributed by atoms with Crippen molar-refractivity contribution in [3.05, 3.63) is 70.5 Å². The monoisotopic (exact) mass is 518 g/mol. The van der Waals surface area contributed by atoms with Crippen LogP contribution in [0.15, 0.2) is 53.6 Å². The molecule has 1 amide bonds. The molecule has 11 heteroatoms. The number of rotatable bonds is 9. The van der Waals surface area contributed by atoms with Crippen molar-refractivity contribution in [2.24, 2.45) is 5.10 Å². The number of aryl methyl sites for hydroxylation is 1. The molecule has 0 aliphatic rings. The number of methoxy groups -OCH3 is 2. The lowest BCUT2D eigenvalue weighted by Crippen LogP contribution is -2.39. The zero-order valence-electron chi connectivity index (χ0n) is 20.1. The van der Waals surface area contributed by atoms with Gasteiger partial charge in [-0.15, -0.1) is 0 Å². The van der Waals surface area contributed by atoms with E-state index >= 15 is 0 Å². The number of sulfonamides is 1. The van der Waals surface area contributed by atoms with Gasteiger partial charge >= 0.3 is 0 Å². The Kier molecular flexibility index (Phi) is 8.08. The summed E-state index contributed by atoms with van der Waals surface area (Å²) in [4.78, 5) is 12.6. The molecule has 1 N–H and O–H groups in total. The van der Waals surface area contributed by atoms with Crippen molar-refractivity contribution < 1.29 is 22.7 Å². The van der Waals surface area contributed by atoms with Crippen LogP contribution in [0.4, 0.5) is 5.69 Å². The van der Waals surface area contributed by atoms with Gasteiger partial charge in [0.15, 0.2) is 0 Å². The number of nitrogens with one attached hydrogen (secondary N) is 1. The van der Waals surface area contributed by atoms with Gasteiger partial charge in [0.05, 0.1) is 32.4 Å². The largest absolute Gasteiger partial charge is 0.497 e. The number of aromatic nitrogens is 1. The Morgan fingerprint density at radius 3 is 2.40 bits per heavy atom. The van der Waals surface area contributed by atoms with E-state index in [-0.39, 0.29) is 11.4 Å². The molecule has 186 valence electrons. The van der Waals surface area contributed by atoms with Crippen LogP contribution in [0.2, 0.25) is 5.02 Å². The van der Waals surface area contributed by atoms with Crippen molar-refractivity contribution in [3.8, 4) is 17.2 Å². The number of anilines is 1. The predicted molar refractivity (Wildman–Crippen MR) is 138 cm³/mol. The smallest absolute Gasteiger partial charge is 0.260 e. The minimum atomic E-state index is -3.82. The molecule has 1 heterocycles. The lowest BCUT2D eigenvalue weighted by Gasteiger charge is -2.23. The van der Waals surface area contributed by atoms with Gasteiger partial charge in [-0.25, -0.2) is 13.8 Å². The summed E-state index contributed by atoms with van der Waals surface area (Å²) in [6, 6.07) is 14.1. The topological polar surface area (TPSA) is 102 Å².